The number of amides is 2. The second kappa shape index (κ2) is 12.9. The number of carbonyl (C=O) groups excluding carboxylic acids is 2. The Morgan fingerprint density at radius 2 is 1.10 bits per heavy atom. The summed E-state index contributed by atoms with van der Waals surface area (Å²) in [4.78, 5) is 25.6. The first kappa shape index (κ1) is 17.5. The second-order valence-electron chi connectivity index (χ2n) is 2.83. The fraction of sp³-hybridized carbons (Fsp3) is 0.750. The maximum Gasteiger partial charge on any atom is 0.396 e. The van der Waals surface area contributed by atoms with Crippen molar-refractivity contribution < 1.29 is 28.5 Å². The summed E-state index contributed by atoms with van der Waals surface area (Å²) in [5, 5.41) is 5.37. The molecule has 0 fully saturated rings. The van der Waals surface area contributed by atoms with Crippen LogP contribution in [0.25, 0.3) is 20.9 Å². The Morgan fingerprint density at radius 3 is 1.45 bits per heavy atom. The zero-order chi connectivity index (χ0) is 15.1. The molecular formula is C8H12N6O6. The summed E-state index contributed by atoms with van der Waals surface area (Å²) in [5.41, 5.74) is 15.8. The third kappa shape index (κ3) is 12.0. The number of rotatable bonds is 9. The van der Waals surface area contributed by atoms with Gasteiger partial charge in [0.25, 0.3) is 0 Å². The van der Waals surface area contributed by atoms with E-state index in [1.54, 1.807) is 0 Å². The molecule has 0 spiro atoms. The van der Waals surface area contributed by atoms with E-state index in [9.17, 15) is 9.59 Å². The van der Waals surface area contributed by atoms with Crippen molar-refractivity contribution >= 4 is 12.2 Å². The van der Waals surface area contributed by atoms with Gasteiger partial charge in [-0.3, -0.25) is 0 Å². The first-order valence-electron chi connectivity index (χ1n) is 5.30. The Bertz CT molecular complexity index is 364. The topological polar surface area (TPSA) is 169 Å². The largest absolute Gasteiger partial charge is 0.458 e. The molecule has 0 aliphatic heterocycles. The minimum absolute atomic E-state index is 0.0400. The summed E-state index contributed by atoms with van der Waals surface area (Å²) in [6, 6.07) is 0. The number of ether oxygens (including phenoxy) is 4. The van der Waals surface area contributed by atoms with Crippen molar-refractivity contribution in [1.82, 2.24) is 0 Å². The zero-order valence-corrected chi connectivity index (χ0v) is 10.4. The molecule has 0 atom stereocenters. The van der Waals surface area contributed by atoms with Gasteiger partial charge in [0.2, 0.25) is 0 Å². The molecule has 0 aromatic heterocycles. The van der Waals surface area contributed by atoms with Gasteiger partial charge in [-0.05, 0) is 11.1 Å². The Morgan fingerprint density at radius 1 is 0.750 bits per heavy atom. The molecular weight excluding hydrogens is 276 g/mol. The van der Waals surface area contributed by atoms with Gasteiger partial charge in [-0.15, -0.1) is 0 Å². The van der Waals surface area contributed by atoms with Crippen LogP contribution < -0.4 is 0 Å². The van der Waals surface area contributed by atoms with Crippen molar-refractivity contribution in [2.45, 2.75) is 0 Å². The van der Waals surface area contributed by atoms with Crippen molar-refractivity contribution in [2.75, 3.05) is 39.6 Å². The van der Waals surface area contributed by atoms with E-state index in [0.717, 1.165) is 0 Å². The molecule has 0 saturated carbocycles. The summed E-state index contributed by atoms with van der Waals surface area (Å²) in [7, 11) is 0. The molecule has 0 heterocycles. The van der Waals surface area contributed by atoms with Crippen LogP contribution in [0, 0.1) is 0 Å². The highest BCUT2D eigenvalue weighted by atomic mass is 16.6. The van der Waals surface area contributed by atoms with Crippen LogP contribution in [0.15, 0.2) is 10.2 Å². The molecule has 0 bridgehead atoms. The maximum absolute atomic E-state index is 10.6. The number of azide groups is 2. The Hall–Kier alpha value is -2.52. The predicted octanol–water partition coefficient (Wildman–Crippen LogP) is 1.91. The quantitative estimate of drug-likeness (QED) is 0.271. The molecule has 0 N–H and O–H groups in total. The molecule has 12 nitrogen and oxygen atoms in total. The molecule has 0 unspecified atom stereocenters. The van der Waals surface area contributed by atoms with Gasteiger partial charge < -0.3 is 18.9 Å². The van der Waals surface area contributed by atoms with Gasteiger partial charge in [0, 0.05) is 20.1 Å². The lowest BCUT2D eigenvalue weighted by Gasteiger charge is -2.05. The molecule has 0 rings (SSSR count). The molecule has 0 aromatic carbocycles. The van der Waals surface area contributed by atoms with E-state index in [2.05, 4.69) is 29.5 Å². The normalized spacial score (nSPS) is 9.00. The van der Waals surface area contributed by atoms with E-state index >= 15 is 0 Å². The minimum atomic E-state index is -1.02. The Labute approximate surface area is 112 Å². The SMILES string of the molecule is [N-]=[N+]=NC(=O)OCCOCCOCCOC(=O)N=[N+]=[N-]. The summed E-state index contributed by atoms with van der Waals surface area (Å²) in [5.74, 6) is 0. The summed E-state index contributed by atoms with van der Waals surface area (Å²) in [6.45, 7) is 0.653. The van der Waals surface area contributed by atoms with E-state index in [1.165, 1.54) is 0 Å². The third-order valence-corrected chi connectivity index (χ3v) is 1.53. The van der Waals surface area contributed by atoms with Crippen LogP contribution in [0.4, 0.5) is 9.59 Å². The molecule has 0 radical (unpaired) electrons. The number of hydrogen-bond acceptors (Lipinski definition) is 6. The van der Waals surface area contributed by atoms with E-state index in [-0.39, 0.29) is 39.6 Å². The Kier molecular flexibility index (Phi) is 11.3. The minimum Gasteiger partial charge on any atom is -0.458 e. The van der Waals surface area contributed by atoms with Gasteiger partial charge in [0.15, 0.2) is 0 Å². The monoisotopic (exact) mass is 288 g/mol. The van der Waals surface area contributed by atoms with Crippen LogP contribution in [-0.2, 0) is 18.9 Å². The van der Waals surface area contributed by atoms with Gasteiger partial charge in [-0.2, -0.15) is 0 Å². The van der Waals surface area contributed by atoms with Gasteiger partial charge in [-0.1, -0.05) is 0 Å². The first-order chi connectivity index (χ1) is 9.70. The standard InChI is InChI=1S/C8H12N6O6/c9-13-11-7(15)19-5-3-17-1-2-18-4-6-20-8(16)12-14-10/h1-6H2. The van der Waals surface area contributed by atoms with Crippen LogP contribution in [0.3, 0.4) is 0 Å². The van der Waals surface area contributed by atoms with Gasteiger partial charge in [0.1, 0.15) is 13.2 Å². The van der Waals surface area contributed by atoms with Crippen LogP contribution >= 0.6 is 0 Å². The van der Waals surface area contributed by atoms with Crippen LogP contribution in [0.5, 0.6) is 0 Å². The lowest BCUT2D eigenvalue weighted by Crippen LogP contribution is -2.13. The molecule has 12 heteroatoms. The zero-order valence-electron chi connectivity index (χ0n) is 10.4. The molecule has 0 aromatic rings. The molecule has 0 saturated heterocycles. The average Bonchev–Trinajstić information content (AvgIpc) is 2.41. The fourth-order valence-corrected chi connectivity index (χ4v) is 0.829. The maximum atomic E-state index is 10.6. The third-order valence-electron chi connectivity index (χ3n) is 1.53. The lowest BCUT2D eigenvalue weighted by molar-refractivity contribution is 0.0171. The molecule has 0 aliphatic carbocycles. The van der Waals surface area contributed by atoms with Crippen LogP contribution in [0.2, 0.25) is 0 Å². The predicted molar refractivity (Wildman–Crippen MR) is 62.6 cm³/mol. The highest BCUT2D eigenvalue weighted by Crippen LogP contribution is 1.87. The van der Waals surface area contributed by atoms with Crippen molar-refractivity contribution in [3.63, 3.8) is 0 Å². The van der Waals surface area contributed by atoms with E-state index < -0.39 is 12.2 Å². The number of nitrogens with zero attached hydrogens (tertiary/aromatic N) is 6. The fourth-order valence-electron chi connectivity index (χ4n) is 0.829. The van der Waals surface area contributed by atoms with Gasteiger partial charge in [0.05, 0.1) is 26.4 Å². The Balaban J connectivity index is 3.25. The molecule has 0 aliphatic rings. The number of carbonyl (C=O) groups is 2. The lowest BCUT2D eigenvalue weighted by atomic mass is 10.7. The molecule has 110 valence electrons. The van der Waals surface area contributed by atoms with Crippen molar-refractivity contribution in [1.29, 1.82) is 0 Å². The van der Waals surface area contributed by atoms with Crippen molar-refractivity contribution in [3.8, 4) is 0 Å². The average molecular weight is 288 g/mol. The highest BCUT2D eigenvalue weighted by molar-refractivity contribution is 5.68. The summed E-state index contributed by atoms with van der Waals surface area (Å²) in [6.07, 6.45) is -2.04. The van der Waals surface area contributed by atoms with Crippen molar-refractivity contribution in [2.24, 2.45) is 10.2 Å². The van der Waals surface area contributed by atoms with Crippen molar-refractivity contribution in [3.05, 3.63) is 20.9 Å². The second-order valence-corrected chi connectivity index (χ2v) is 2.83. The smallest absolute Gasteiger partial charge is 0.396 e. The van der Waals surface area contributed by atoms with Crippen LogP contribution in [0.1, 0.15) is 0 Å². The van der Waals surface area contributed by atoms with Gasteiger partial charge >= 0.3 is 12.2 Å². The van der Waals surface area contributed by atoms with Gasteiger partial charge in [-0.25, -0.2) is 9.59 Å². The summed E-state index contributed by atoms with van der Waals surface area (Å²) < 4.78 is 18.9. The van der Waals surface area contributed by atoms with E-state index in [0.29, 0.717) is 0 Å². The van der Waals surface area contributed by atoms with E-state index in [1.807, 2.05) is 0 Å². The molecule has 20 heavy (non-hydrogen) atoms. The highest BCUT2D eigenvalue weighted by Gasteiger charge is 1.98. The molecule has 2 amide bonds. The summed E-state index contributed by atoms with van der Waals surface area (Å²) >= 11 is 0. The van der Waals surface area contributed by atoms with E-state index in [4.69, 9.17) is 20.5 Å². The number of hydrogen-bond donors (Lipinski definition) is 0. The first-order valence-corrected chi connectivity index (χ1v) is 5.30. The van der Waals surface area contributed by atoms with Crippen LogP contribution in [-0.4, -0.2) is 51.8 Å².